The molecule has 1 aliphatic heterocycles. The quantitative estimate of drug-likeness (QED) is 0.743. The number of aromatic nitrogens is 6. The largest absolute Gasteiger partial charge is 0.350 e. The predicted octanol–water partition coefficient (Wildman–Crippen LogP) is 0.793. The van der Waals surface area contributed by atoms with Crippen molar-refractivity contribution in [1.29, 1.82) is 0 Å². The Morgan fingerprint density at radius 2 is 1.92 bits per heavy atom. The van der Waals surface area contributed by atoms with E-state index in [0.717, 1.165) is 37.4 Å². The number of hydrogen-bond donors (Lipinski definition) is 1. The highest BCUT2D eigenvalue weighted by Crippen LogP contribution is 2.24. The van der Waals surface area contributed by atoms with Crippen LogP contribution in [0.1, 0.15) is 24.6 Å². The number of rotatable bonds is 5. The molecule has 4 rings (SSSR count). The molecule has 0 aliphatic carbocycles. The summed E-state index contributed by atoms with van der Waals surface area (Å²) in [5, 5.41) is 12.1. The SMILES string of the molecule is O=c1n(CCn2cncn2)nc(C2CCNCC2)n1-c1ccccc1. The Balaban J connectivity index is 1.70. The number of nitrogens with zero attached hydrogens (tertiary/aromatic N) is 6. The molecule has 0 spiro atoms. The summed E-state index contributed by atoms with van der Waals surface area (Å²) < 4.78 is 5.02. The van der Waals surface area contributed by atoms with Crippen LogP contribution in [-0.4, -0.2) is 42.2 Å². The van der Waals surface area contributed by atoms with Crippen LogP contribution in [0.15, 0.2) is 47.8 Å². The minimum atomic E-state index is -0.0974. The standard InChI is InChI=1S/C17H21N7O/c25-17-23(11-10-22-13-19-12-20-22)21-16(14-6-8-18-9-7-14)24(17)15-4-2-1-3-5-15/h1-5,12-14,18H,6-11H2. The van der Waals surface area contributed by atoms with Gasteiger partial charge in [0.25, 0.3) is 0 Å². The second kappa shape index (κ2) is 7.02. The minimum absolute atomic E-state index is 0.0974. The molecule has 0 amide bonds. The van der Waals surface area contributed by atoms with E-state index in [9.17, 15) is 4.79 Å². The molecule has 1 fully saturated rings. The highest BCUT2D eigenvalue weighted by atomic mass is 16.2. The van der Waals surface area contributed by atoms with E-state index in [0.29, 0.717) is 19.0 Å². The number of benzene rings is 1. The number of aryl methyl sites for hydroxylation is 2. The van der Waals surface area contributed by atoms with E-state index in [4.69, 9.17) is 0 Å². The first-order valence-electron chi connectivity index (χ1n) is 8.61. The van der Waals surface area contributed by atoms with Crippen LogP contribution in [-0.2, 0) is 13.1 Å². The van der Waals surface area contributed by atoms with Crippen molar-refractivity contribution in [3.63, 3.8) is 0 Å². The summed E-state index contributed by atoms with van der Waals surface area (Å²) in [5.41, 5.74) is 0.771. The molecule has 0 saturated carbocycles. The molecule has 3 aromatic rings. The molecule has 8 heteroatoms. The molecule has 1 aromatic carbocycles. The van der Waals surface area contributed by atoms with Gasteiger partial charge in [-0.1, -0.05) is 18.2 Å². The maximum atomic E-state index is 13.0. The number of hydrogen-bond acceptors (Lipinski definition) is 5. The van der Waals surface area contributed by atoms with Crippen molar-refractivity contribution in [1.82, 2.24) is 34.4 Å². The van der Waals surface area contributed by atoms with Gasteiger partial charge in [-0.3, -0.25) is 4.68 Å². The van der Waals surface area contributed by atoms with Gasteiger partial charge in [0.2, 0.25) is 0 Å². The van der Waals surface area contributed by atoms with Gasteiger partial charge in [0.15, 0.2) is 0 Å². The lowest BCUT2D eigenvalue weighted by atomic mass is 9.97. The van der Waals surface area contributed by atoms with Gasteiger partial charge < -0.3 is 5.32 Å². The van der Waals surface area contributed by atoms with E-state index in [1.54, 1.807) is 20.3 Å². The third kappa shape index (κ3) is 3.25. The van der Waals surface area contributed by atoms with Crippen LogP contribution in [0.25, 0.3) is 5.69 Å². The topological polar surface area (TPSA) is 82.6 Å². The highest BCUT2D eigenvalue weighted by Gasteiger charge is 2.24. The first-order valence-corrected chi connectivity index (χ1v) is 8.61. The molecule has 0 bridgehead atoms. The summed E-state index contributed by atoms with van der Waals surface area (Å²) in [5.74, 6) is 1.15. The summed E-state index contributed by atoms with van der Waals surface area (Å²) in [6.07, 6.45) is 5.12. The van der Waals surface area contributed by atoms with Crippen molar-refractivity contribution in [3.8, 4) is 5.69 Å². The van der Waals surface area contributed by atoms with Crippen molar-refractivity contribution in [2.45, 2.75) is 31.8 Å². The molecule has 130 valence electrons. The fraction of sp³-hybridized carbons (Fsp3) is 0.412. The second-order valence-electron chi connectivity index (χ2n) is 6.22. The Bertz CT molecular complexity index is 860. The lowest BCUT2D eigenvalue weighted by Gasteiger charge is -2.22. The number of para-hydroxylation sites is 1. The molecule has 25 heavy (non-hydrogen) atoms. The van der Waals surface area contributed by atoms with E-state index in [-0.39, 0.29) is 5.69 Å². The summed E-state index contributed by atoms with van der Waals surface area (Å²) in [7, 11) is 0. The second-order valence-corrected chi connectivity index (χ2v) is 6.22. The average Bonchev–Trinajstić information content (AvgIpc) is 3.29. The van der Waals surface area contributed by atoms with Crippen molar-refractivity contribution in [2.75, 3.05) is 13.1 Å². The van der Waals surface area contributed by atoms with Crippen LogP contribution in [0.5, 0.6) is 0 Å². The molecule has 2 aromatic heterocycles. The fourth-order valence-electron chi connectivity index (χ4n) is 3.28. The van der Waals surface area contributed by atoms with Crippen LogP contribution < -0.4 is 11.0 Å². The first kappa shape index (κ1) is 15.8. The summed E-state index contributed by atoms with van der Waals surface area (Å²) in [4.78, 5) is 16.9. The molecule has 1 aliphatic rings. The van der Waals surface area contributed by atoms with Crippen molar-refractivity contribution < 1.29 is 0 Å². The lowest BCUT2D eigenvalue weighted by molar-refractivity contribution is 0.433. The van der Waals surface area contributed by atoms with Crippen LogP contribution in [0.3, 0.4) is 0 Å². The van der Waals surface area contributed by atoms with Gasteiger partial charge >= 0.3 is 5.69 Å². The van der Waals surface area contributed by atoms with Gasteiger partial charge in [0, 0.05) is 5.92 Å². The van der Waals surface area contributed by atoms with Gasteiger partial charge in [0.05, 0.1) is 18.8 Å². The Labute approximate surface area is 145 Å². The molecule has 0 unspecified atom stereocenters. The van der Waals surface area contributed by atoms with Crippen LogP contribution >= 0.6 is 0 Å². The monoisotopic (exact) mass is 339 g/mol. The smallest absolute Gasteiger partial charge is 0.317 e. The van der Waals surface area contributed by atoms with Gasteiger partial charge in [-0.25, -0.2) is 19.0 Å². The van der Waals surface area contributed by atoms with Gasteiger partial charge in [-0.15, -0.1) is 0 Å². The zero-order valence-electron chi connectivity index (χ0n) is 14.0. The molecule has 8 nitrogen and oxygen atoms in total. The van der Waals surface area contributed by atoms with Crippen molar-refractivity contribution in [3.05, 3.63) is 59.3 Å². The summed E-state index contributed by atoms with van der Waals surface area (Å²) in [6.45, 7) is 2.95. The summed E-state index contributed by atoms with van der Waals surface area (Å²) in [6, 6.07) is 9.75. The third-order valence-electron chi connectivity index (χ3n) is 4.59. The Morgan fingerprint density at radius 3 is 2.64 bits per heavy atom. The van der Waals surface area contributed by atoms with Crippen molar-refractivity contribution >= 4 is 0 Å². The normalized spacial score (nSPS) is 15.5. The molecule has 1 saturated heterocycles. The van der Waals surface area contributed by atoms with Crippen LogP contribution in [0, 0.1) is 0 Å². The molecule has 1 N–H and O–H groups in total. The number of piperidine rings is 1. The van der Waals surface area contributed by atoms with Crippen LogP contribution in [0.2, 0.25) is 0 Å². The minimum Gasteiger partial charge on any atom is -0.317 e. The number of nitrogens with one attached hydrogen (secondary N) is 1. The molecule has 0 radical (unpaired) electrons. The van der Waals surface area contributed by atoms with E-state index < -0.39 is 0 Å². The van der Waals surface area contributed by atoms with Crippen LogP contribution in [0.4, 0.5) is 0 Å². The Morgan fingerprint density at radius 1 is 1.12 bits per heavy atom. The molecular formula is C17H21N7O. The van der Waals surface area contributed by atoms with E-state index in [1.165, 1.54) is 6.33 Å². The first-order chi connectivity index (χ1) is 12.3. The predicted molar refractivity (Wildman–Crippen MR) is 92.7 cm³/mol. The zero-order valence-corrected chi connectivity index (χ0v) is 14.0. The molecule has 3 heterocycles. The van der Waals surface area contributed by atoms with Gasteiger partial charge in [-0.05, 0) is 38.1 Å². The fourth-order valence-corrected chi connectivity index (χ4v) is 3.28. The van der Waals surface area contributed by atoms with Gasteiger partial charge in [0.1, 0.15) is 18.5 Å². The van der Waals surface area contributed by atoms with E-state index >= 15 is 0 Å². The van der Waals surface area contributed by atoms with E-state index in [2.05, 4.69) is 20.5 Å². The Kier molecular flexibility index (Phi) is 4.43. The van der Waals surface area contributed by atoms with Gasteiger partial charge in [-0.2, -0.15) is 10.2 Å². The highest BCUT2D eigenvalue weighted by molar-refractivity contribution is 5.33. The van der Waals surface area contributed by atoms with Crippen molar-refractivity contribution in [2.24, 2.45) is 0 Å². The maximum Gasteiger partial charge on any atom is 0.350 e. The van der Waals surface area contributed by atoms with E-state index in [1.807, 2.05) is 30.3 Å². The lowest BCUT2D eigenvalue weighted by Crippen LogP contribution is -2.29. The average molecular weight is 339 g/mol. The summed E-state index contributed by atoms with van der Waals surface area (Å²) >= 11 is 0. The molecular weight excluding hydrogens is 318 g/mol. The Hall–Kier alpha value is -2.74. The zero-order chi connectivity index (χ0) is 17.1. The third-order valence-corrected chi connectivity index (χ3v) is 4.59. The molecule has 0 atom stereocenters. The maximum absolute atomic E-state index is 13.0.